The Balaban J connectivity index is 1.46. The Hall–Kier alpha value is -2.96. The van der Waals surface area contributed by atoms with Gasteiger partial charge in [0.2, 0.25) is 0 Å². The van der Waals surface area contributed by atoms with Gasteiger partial charge >= 0.3 is 0 Å². The van der Waals surface area contributed by atoms with E-state index in [1.807, 2.05) is 48.2 Å². The number of rotatable bonds is 3. The van der Waals surface area contributed by atoms with E-state index in [0.717, 1.165) is 30.2 Å². The Bertz CT molecular complexity index is 1180. The quantitative estimate of drug-likeness (QED) is 0.599. The van der Waals surface area contributed by atoms with Crippen LogP contribution < -0.4 is 10.2 Å². The maximum absolute atomic E-state index is 13.8. The molecule has 1 fully saturated rings. The molecule has 1 atom stereocenters. The van der Waals surface area contributed by atoms with Gasteiger partial charge in [0.25, 0.3) is 5.91 Å². The van der Waals surface area contributed by atoms with Crippen LogP contribution in [0.5, 0.6) is 0 Å². The molecule has 8 heteroatoms. The summed E-state index contributed by atoms with van der Waals surface area (Å²) in [7, 11) is 0. The number of para-hydroxylation sites is 1. The molecule has 1 unspecified atom stereocenters. The van der Waals surface area contributed by atoms with Crippen molar-refractivity contribution >= 4 is 40.6 Å². The summed E-state index contributed by atoms with van der Waals surface area (Å²) in [5.41, 5.74) is 3.38. The lowest BCUT2D eigenvalue weighted by molar-refractivity contribution is -0.127. The summed E-state index contributed by atoms with van der Waals surface area (Å²) in [6.45, 7) is 4.78. The van der Waals surface area contributed by atoms with Crippen LogP contribution in [0.2, 0.25) is 10.0 Å². The Labute approximate surface area is 197 Å². The van der Waals surface area contributed by atoms with Crippen LogP contribution in [-0.2, 0) is 4.79 Å². The number of aromatic nitrogens is 2. The van der Waals surface area contributed by atoms with Crippen molar-refractivity contribution in [2.24, 2.45) is 0 Å². The number of hydrogen-bond acceptors (Lipinski definition) is 4. The van der Waals surface area contributed by atoms with Crippen LogP contribution in [0.4, 0.5) is 11.5 Å². The van der Waals surface area contributed by atoms with Crippen molar-refractivity contribution in [2.45, 2.75) is 13.0 Å². The number of nitrogens with one attached hydrogen (secondary N) is 1. The lowest BCUT2D eigenvalue weighted by Crippen LogP contribution is -2.50. The minimum Gasteiger partial charge on any atom is -0.368 e. The first-order valence-electron chi connectivity index (χ1n) is 10.6. The van der Waals surface area contributed by atoms with E-state index in [1.54, 1.807) is 16.9 Å². The summed E-state index contributed by atoms with van der Waals surface area (Å²) in [5.74, 6) is 0.805. The summed E-state index contributed by atoms with van der Waals surface area (Å²) in [4.78, 5) is 18.0. The van der Waals surface area contributed by atoms with Crippen LogP contribution in [0.1, 0.15) is 18.5 Å². The summed E-state index contributed by atoms with van der Waals surface area (Å²) >= 11 is 12.9. The summed E-state index contributed by atoms with van der Waals surface area (Å²) in [6, 6.07) is 17.2. The molecule has 164 valence electrons. The monoisotopic (exact) mass is 467 g/mol. The molecular weight excluding hydrogens is 445 g/mol. The van der Waals surface area contributed by atoms with Gasteiger partial charge < -0.3 is 15.1 Å². The molecule has 0 saturated carbocycles. The highest BCUT2D eigenvalue weighted by atomic mass is 35.5. The largest absolute Gasteiger partial charge is 0.368 e. The number of benzene rings is 2. The standard InChI is InChI=1S/C24H23Cl2N5O/c1-16-21(24(32)30-14-12-29(13-15-30)17-6-3-2-4-7-17)23(31-20(28-16)10-11-27-31)18-8-5-9-19(25)22(18)26/h2-11,23,28H,12-15H2,1H3. The van der Waals surface area contributed by atoms with Gasteiger partial charge in [0, 0.05) is 49.2 Å². The summed E-state index contributed by atoms with van der Waals surface area (Å²) in [6.07, 6.45) is 1.72. The first kappa shape index (κ1) is 20.9. The van der Waals surface area contributed by atoms with Crippen molar-refractivity contribution in [2.75, 3.05) is 36.4 Å². The average Bonchev–Trinajstić information content (AvgIpc) is 3.28. The maximum Gasteiger partial charge on any atom is 0.254 e. The van der Waals surface area contributed by atoms with Gasteiger partial charge in [-0.3, -0.25) is 4.79 Å². The number of nitrogens with zero attached hydrogens (tertiary/aromatic N) is 4. The molecule has 1 aromatic heterocycles. The number of fused-ring (bicyclic) bond motifs is 1. The smallest absolute Gasteiger partial charge is 0.254 e. The number of hydrogen-bond donors (Lipinski definition) is 1. The molecule has 0 spiro atoms. The predicted molar refractivity (Wildman–Crippen MR) is 128 cm³/mol. The minimum atomic E-state index is -0.452. The van der Waals surface area contributed by atoms with E-state index in [4.69, 9.17) is 23.2 Å². The van der Waals surface area contributed by atoms with Crippen LogP contribution >= 0.6 is 23.2 Å². The summed E-state index contributed by atoms with van der Waals surface area (Å²) < 4.78 is 1.80. The zero-order valence-corrected chi connectivity index (χ0v) is 19.1. The molecule has 0 aliphatic carbocycles. The molecule has 3 heterocycles. The number of carbonyl (C=O) groups is 1. The highest BCUT2D eigenvalue weighted by Gasteiger charge is 2.37. The van der Waals surface area contributed by atoms with Crippen molar-refractivity contribution in [3.05, 3.63) is 87.7 Å². The van der Waals surface area contributed by atoms with Gasteiger partial charge in [-0.2, -0.15) is 5.10 Å². The molecule has 1 amide bonds. The Morgan fingerprint density at radius 1 is 1.00 bits per heavy atom. The molecular formula is C24H23Cl2N5O. The van der Waals surface area contributed by atoms with Gasteiger partial charge in [0.15, 0.2) is 0 Å². The number of amides is 1. The van der Waals surface area contributed by atoms with Crippen LogP contribution in [-0.4, -0.2) is 46.8 Å². The Morgan fingerprint density at radius 2 is 1.75 bits per heavy atom. The molecule has 1 N–H and O–H groups in total. The molecule has 6 nitrogen and oxygen atoms in total. The molecule has 2 aliphatic rings. The molecule has 2 aliphatic heterocycles. The van der Waals surface area contributed by atoms with Crippen LogP contribution in [0.3, 0.4) is 0 Å². The third kappa shape index (κ3) is 3.63. The molecule has 2 aromatic carbocycles. The topological polar surface area (TPSA) is 53.4 Å². The van der Waals surface area contributed by atoms with Crippen molar-refractivity contribution in [3.8, 4) is 0 Å². The number of allylic oxidation sites excluding steroid dienone is 1. The number of piperazine rings is 1. The second kappa shape index (κ2) is 8.52. The zero-order valence-electron chi connectivity index (χ0n) is 17.6. The average molecular weight is 468 g/mol. The molecule has 0 bridgehead atoms. The third-order valence-corrected chi connectivity index (χ3v) is 6.94. The van der Waals surface area contributed by atoms with Crippen LogP contribution in [0.15, 0.2) is 72.1 Å². The van der Waals surface area contributed by atoms with Crippen molar-refractivity contribution in [3.63, 3.8) is 0 Å². The van der Waals surface area contributed by atoms with Gasteiger partial charge in [0.1, 0.15) is 11.9 Å². The zero-order chi connectivity index (χ0) is 22.2. The molecule has 1 saturated heterocycles. The molecule has 0 radical (unpaired) electrons. The fraction of sp³-hybridized carbons (Fsp3) is 0.250. The van der Waals surface area contributed by atoms with E-state index in [-0.39, 0.29) is 5.91 Å². The second-order valence-electron chi connectivity index (χ2n) is 7.99. The number of carbonyl (C=O) groups excluding carboxylic acids is 1. The van der Waals surface area contributed by atoms with Gasteiger partial charge in [-0.05, 0) is 25.1 Å². The van der Waals surface area contributed by atoms with Gasteiger partial charge in [-0.25, -0.2) is 4.68 Å². The van der Waals surface area contributed by atoms with E-state index in [2.05, 4.69) is 27.4 Å². The normalized spacial score (nSPS) is 18.4. The lowest BCUT2D eigenvalue weighted by Gasteiger charge is -2.38. The van der Waals surface area contributed by atoms with Gasteiger partial charge in [-0.1, -0.05) is 53.5 Å². The van der Waals surface area contributed by atoms with Gasteiger partial charge in [0.05, 0.1) is 21.8 Å². The molecule has 3 aromatic rings. The summed E-state index contributed by atoms with van der Waals surface area (Å²) in [5, 5.41) is 8.71. The molecule has 5 rings (SSSR count). The van der Waals surface area contributed by atoms with Crippen molar-refractivity contribution in [1.29, 1.82) is 0 Å². The maximum atomic E-state index is 13.8. The van der Waals surface area contributed by atoms with Crippen LogP contribution in [0.25, 0.3) is 0 Å². The minimum absolute atomic E-state index is 0.00935. The van der Waals surface area contributed by atoms with Crippen molar-refractivity contribution in [1.82, 2.24) is 14.7 Å². The van der Waals surface area contributed by atoms with E-state index < -0.39 is 6.04 Å². The highest BCUT2D eigenvalue weighted by Crippen LogP contribution is 2.41. The van der Waals surface area contributed by atoms with Crippen LogP contribution in [0, 0.1) is 0 Å². The van der Waals surface area contributed by atoms with Crippen molar-refractivity contribution < 1.29 is 4.79 Å². The fourth-order valence-electron chi connectivity index (χ4n) is 4.48. The lowest BCUT2D eigenvalue weighted by atomic mass is 9.94. The molecule has 32 heavy (non-hydrogen) atoms. The Morgan fingerprint density at radius 3 is 2.50 bits per heavy atom. The van der Waals surface area contributed by atoms with E-state index in [9.17, 15) is 4.79 Å². The predicted octanol–water partition coefficient (Wildman–Crippen LogP) is 4.83. The number of halogens is 2. The van der Waals surface area contributed by atoms with E-state index in [1.165, 1.54) is 5.69 Å². The van der Waals surface area contributed by atoms with Gasteiger partial charge in [-0.15, -0.1) is 0 Å². The highest BCUT2D eigenvalue weighted by molar-refractivity contribution is 6.42. The van der Waals surface area contributed by atoms with E-state index >= 15 is 0 Å². The SMILES string of the molecule is CC1=C(C(=O)N2CCN(c3ccccc3)CC2)C(c2cccc(Cl)c2Cl)n2nccc2N1. The van der Waals surface area contributed by atoms with E-state index in [0.29, 0.717) is 28.7 Å². The Kier molecular flexibility index (Phi) is 5.57. The third-order valence-electron chi connectivity index (χ3n) is 6.10. The first-order valence-corrected chi connectivity index (χ1v) is 11.3. The fourth-order valence-corrected chi connectivity index (χ4v) is 4.89. The number of anilines is 2. The second-order valence-corrected chi connectivity index (χ2v) is 8.77. The first-order chi connectivity index (χ1) is 15.5.